The van der Waals surface area contributed by atoms with Gasteiger partial charge < -0.3 is 14.8 Å². The van der Waals surface area contributed by atoms with Crippen molar-refractivity contribution in [1.82, 2.24) is 4.98 Å². The fourth-order valence-corrected chi connectivity index (χ4v) is 2.04. The highest BCUT2D eigenvalue weighted by molar-refractivity contribution is 7.13. The lowest BCUT2D eigenvalue weighted by molar-refractivity contribution is -0.00620. The van der Waals surface area contributed by atoms with Gasteiger partial charge in [0.25, 0.3) is 0 Å². The maximum absolute atomic E-state index is 5.49. The largest absolute Gasteiger partial charge is 0.378 e. The van der Waals surface area contributed by atoms with E-state index in [0.29, 0.717) is 6.61 Å². The molecule has 14 heavy (non-hydrogen) atoms. The van der Waals surface area contributed by atoms with Crippen LogP contribution in [0, 0.1) is 0 Å². The Morgan fingerprint density at radius 1 is 1.79 bits per heavy atom. The minimum absolute atomic E-state index is 0.161. The molecule has 5 heteroatoms. The topological polar surface area (TPSA) is 43.4 Å². The van der Waals surface area contributed by atoms with Crippen LogP contribution in [0.1, 0.15) is 6.42 Å². The molecule has 1 unspecified atom stereocenters. The molecule has 0 radical (unpaired) electrons. The summed E-state index contributed by atoms with van der Waals surface area (Å²) in [6, 6.07) is 0. The number of ether oxygens (including phenoxy) is 2. The van der Waals surface area contributed by atoms with E-state index in [9.17, 15) is 0 Å². The molecule has 78 valence electrons. The summed E-state index contributed by atoms with van der Waals surface area (Å²) < 4.78 is 10.8. The average Bonchev–Trinajstić information content (AvgIpc) is 2.87. The average molecular weight is 214 g/mol. The molecule has 0 amide bonds. The highest BCUT2D eigenvalue weighted by Crippen LogP contribution is 2.23. The Morgan fingerprint density at radius 2 is 2.71 bits per heavy atom. The molecule has 1 atom stereocenters. The predicted octanol–water partition coefficient (Wildman–Crippen LogP) is 1.36. The molecule has 0 saturated carbocycles. The molecule has 1 N–H and O–H groups in total. The van der Waals surface area contributed by atoms with Crippen molar-refractivity contribution in [3.8, 4) is 0 Å². The number of nitrogens with one attached hydrogen (secondary N) is 1. The van der Waals surface area contributed by atoms with Gasteiger partial charge in [-0.2, -0.15) is 0 Å². The molecule has 1 aromatic rings. The molecule has 1 aliphatic heterocycles. The minimum Gasteiger partial charge on any atom is -0.378 e. The number of methoxy groups -OCH3 is 1. The Bertz CT molecular complexity index is 270. The van der Waals surface area contributed by atoms with E-state index in [2.05, 4.69) is 10.3 Å². The van der Waals surface area contributed by atoms with Crippen LogP contribution in [0.15, 0.2) is 11.6 Å². The van der Waals surface area contributed by atoms with Gasteiger partial charge >= 0.3 is 0 Å². The van der Waals surface area contributed by atoms with Gasteiger partial charge in [-0.15, -0.1) is 11.3 Å². The molecular weight excluding hydrogens is 200 g/mol. The van der Waals surface area contributed by atoms with Gasteiger partial charge in [-0.3, -0.25) is 0 Å². The molecular formula is C9H14N2O2S. The van der Waals surface area contributed by atoms with Crippen molar-refractivity contribution in [2.24, 2.45) is 0 Å². The predicted molar refractivity (Wildman–Crippen MR) is 55.8 cm³/mol. The van der Waals surface area contributed by atoms with Crippen LogP contribution in [-0.4, -0.2) is 37.5 Å². The second kappa shape index (κ2) is 4.25. The lowest BCUT2D eigenvalue weighted by atomic mass is 10.0. The van der Waals surface area contributed by atoms with Gasteiger partial charge in [0.1, 0.15) is 5.60 Å². The van der Waals surface area contributed by atoms with Crippen LogP contribution in [0.5, 0.6) is 0 Å². The minimum atomic E-state index is -0.161. The maximum Gasteiger partial charge on any atom is 0.182 e. The quantitative estimate of drug-likeness (QED) is 0.822. The van der Waals surface area contributed by atoms with Crippen molar-refractivity contribution in [2.75, 3.05) is 32.2 Å². The molecule has 0 spiro atoms. The maximum atomic E-state index is 5.49. The molecule has 1 fully saturated rings. The van der Waals surface area contributed by atoms with Crippen LogP contribution in [0.4, 0.5) is 5.13 Å². The summed E-state index contributed by atoms with van der Waals surface area (Å²) in [4.78, 5) is 4.15. The molecule has 0 aromatic carbocycles. The first kappa shape index (κ1) is 9.89. The van der Waals surface area contributed by atoms with E-state index in [1.165, 1.54) is 0 Å². The van der Waals surface area contributed by atoms with Gasteiger partial charge in [0.15, 0.2) is 5.13 Å². The van der Waals surface area contributed by atoms with Crippen molar-refractivity contribution in [3.05, 3.63) is 11.6 Å². The number of hydrogen-bond donors (Lipinski definition) is 1. The zero-order valence-corrected chi connectivity index (χ0v) is 8.97. The lowest BCUT2D eigenvalue weighted by Gasteiger charge is -2.25. The molecule has 1 saturated heterocycles. The summed E-state index contributed by atoms with van der Waals surface area (Å²) in [7, 11) is 1.73. The number of rotatable bonds is 4. The van der Waals surface area contributed by atoms with E-state index < -0.39 is 0 Å². The Labute approximate surface area is 87.3 Å². The van der Waals surface area contributed by atoms with E-state index in [1.807, 2.05) is 5.38 Å². The van der Waals surface area contributed by atoms with Gasteiger partial charge in [-0.25, -0.2) is 4.98 Å². The molecule has 2 rings (SSSR count). The second-order valence-corrected chi connectivity index (χ2v) is 4.28. The normalized spacial score (nSPS) is 26.6. The fraction of sp³-hybridized carbons (Fsp3) is 0.667. The van der Waals surface area contributed by atoms with E-state index >= 15 is 0 Å². The zero-order chi connectivity index (χ0) is 9.86. The van der Waals surface area contributed by atoms with Crippen LogP contribution in [-0.2, 0) is 9.47 Å². The van der Waals surface area contributed by atoms with E-state index in [1.54, 1.807) is 24.6 Å². The monoisotopic (exact) mass is 214 g/mol. The Balaban J connectivity index is 1.89. The first-order chi connectivity index (χ1) is 6.85. The number of nitrogens with zero attached hydrogens (tertiary/aromatic N) is 1. The molecule has 1 aromatic heterocycles. The molecule has 1 aliphatic rings. The zero-order valence-electron chi connectivity index (χ0n) is 8.16. The van der Waals surface area contributed by atoms with Crippen molar-refractivity contribution in [2.45, 2.75) is 12.0 Å². The summed E-state index contributed by atoms with van der Waals surface area (Å²) in [6.07, 6.45) is 2.74. The van der Waals surface area contributed by atoms with Gasteiger partial charge in [0.05, 0.1) is 6.61 Å². The van der Waals surface area contributed by atoms with Crippen molar-refractivity contribution in [1.29, 1.82) is 0 Å². The van der Waals surface area contributed by atoms with Gasteiger partial charge in [0, 0.05) is 38.3 Å². The van der Waals surface area contributed by atoms with Gasteiger partial charge in [-0.1, -0.05) is 0 Å². The number of hydrogen-bond acceptors (Lipinski definition) is 5. The first-order valence-corrected chi connectivity index (χ1v) is 5.49. The van der Waals surface area contributed by atoms with Crippen LogP contribution in [0.2, 0.25) is 0 Å². The highest BCUT2D eigenvalue weighted by Gasteiger charge is 2.34. The van der Waals surface area contributed by atoms with Crippen LogP contribution in [0.25, 0.3) is 0 Å². The van der Waals surface area contributed by atoms with Crippen LogP contribution < -0.4 is 5.32 Å². The summed E-state index contributed by atoms with van der Waals surface area (Å²) in [5.41, 5.74) is -0.161. The second-order valence-electron chi connectivity index (χ2n) is 3.38. The van der Waals surface area contributed by atoms with Crippen molar-refractivity contribution < 1.29 is 9.47 Å². The Kier molecular flexibility index (Phi) is 3.00. The van der Waals surface area contributed by atoms with E-state index in [-0.39, 0.29) is 5.60 Å². The lowest BCUT2D eigenvalue weighted by Crippen LogP contribution is -2.39. The Morgan fingerprint density at radius 3 is 3.29 bits per heavy atom. The first-order valence-electron chi connectivity index (χ1n) is 4.61. The number of thiazole rings is 1. The number of anilines is 1. The third-order valence-corrected chi connectivity index (χ3v) is 3.23. The highest BCUT2D eigenvalue weighted by atomic mass is 32.1. The summed E-state index contributed by atoms with van der Waals surface area (Å²) in [5, 5.41) is 6.15. The summed E-state index contributed by atoms with van der Waals surface area (Å²) >= 11 is 1.60. The smallest absolute Gasteiger partial charge is 0.182 e. The molecule has 0 aliphatic carbocycles. The third-order valence-electron chi connectivity index (χ3n) is 2.49. The molecule has 0 bridgehead atoms. The van der Waals surface area contributed by atoms with Crippen molar-refractivity contribution in [3.63, 3.8) is 0 Å². The van der Waals surface area contributed by atoms with E-state index in [0.717, 1.165) is 24.7 Å². The number of aromatic nitrogens is 1. The van der Waals surface area contributed by atoms with Gasteiger partial charge in [-0.05, 0) is 0 Å². The summed E-state index contributed by atoms with van der Waals surface area (Å²) in [5.74, 6) is 0. The van der Waals surface area contributed by atoms with Crippen LogP contribution >= 0.6 is 11.3 Å². The van der Waals surface area contributed by atoms with E-state index in [4.69, 9.17) is 9.47 Å². The third kappa shape index (κ3) is 2.05. The summed E-state index contributed by atoms with van der Waals surface area (Å²) in [6.45, 7) is 2.21. The van der Waals surface area contributed by atoms with Crippen molar-refractivity contribution >= 4 is 16.5 Å². The molecule has 2 heterocycles. The van der Waals surface area contributed by atoms with Crippen LogP contribution in [0.3, 0.4) is 0 Å². The van der Waals surface area contributed by atoms with Gasteiger partial charge in [0.2, 0.25) is 0 Å². The molecule has 4 nitrogen and oxygen atoms in total. The Hall–Kier alpha value is -0.650. The SMILES string of the molecule is COC1(CNc2nccs2)CCOC1. The standard InChI is InChI=1S/C9H14N2O2S/c1-12-9(2-4-13-7-9)6-11-8-10-3-5-14-8/h3,5H,2,4,6-7H2,1H3,(H,10,11). The fourth-order valence-electron chi connectivity index (χ4n) is 1.51.